The molecular weight excluding hydrogens is 200 g/mol. The number of ether oxygens (including phenoxy) is 2. The molecule has 0 aliphatic heterocycles. The zero-order chi connectivity index (χ0) is 11.6. The summed E-state index contributed by atoms with van der Waals surface area (Å²) >= 11 is 0. The van der Waals surface area contributed by atoms with Crippen LogP contribution in [0.3, 0.4) is 0 Å². The molecule has 2 heteroatoms. The highest BCUT2D eigenvalue weighted by Gasteiger charge is 1.95. The Hall–Kier alpha value is -1.70. The Balaban J connectivity index is 2.35. The topological polar surface area (TPSA) is 18.5 Å². The normalized spacial score (nSPS) is 9.50. The van der Waals surface area contributed by atoms with Gasteiger partial charge in [0.2, 0.25) is 0 Å². The molecule has 0 fully saturated rings. The third-order valence-corrected chi connectivity index (χ3v) is 2.28. The van der Waals surface area contributed by atoms with Crippen molar-refractivity contribution in [1.82, 2.24) is 0 Å². The molecule has 0 spiro atoms. The van der Waals surface area contributed by atoms with Gasteiger partial charge in [-0.2, -0.15) is 0 Å². The van der Waals surface area contributed by atoms with Crippen molar-refractivity contribution in [3.8, 4) is 0 Å². The standard InChI is InChI=1S/C14H18O2/c1-3-15-11-9-13-5-7-14(8-6-13)10-12-16-4-2/h3-8H,1-2,9-12H2. The van der Waals surface area contributed by atoms with E-state index in [4.69, 9.17) is 9.47 Å². The van der Waals surface area contributed by atoms with Crippen LogP contribution in [0.2, 0.25) is 0 Å². The summed E-state index contributed by atoms with van der Waals surface area (Å²) in [6.07, 6.45) is 4.77. The fraction of sp³-hybridized carbons (Fsp3) is 0.286. The van der Waals surface area contributed by atoms with Crippen molar-refractivity contribution in [3.05, 3.63) is 61.1 Å². The van der Waals surface area contributed by atoms with E-state index in [0.29, 0.717) is 13.2 Å². The molecule has 0 aliphatic carbocycles. The molecule has 0 N–H and O–H groups in total. The molecule has 0 unspecified atom stereocenters. The number of hydrogen-bond donors (Lipinski definition) is 0. The van der Waals surface area contributed by atoms with Crippen LogP contribution in [0.1, 0.15) is 11.1 Å². The van der Waals surface area contributed by atoms with E-state index in [-0.39, 0.29) is 0 Å². The molecular formula is C14H18O2. The molecule has 0 saturated heterocycles. The average molecular weight is 218 g/mol. The van der Waals surface area contributed by atoms with Crippen molar-refractivity contribution in [2.24, 2.45) is 0 Å². The molecule has 0 atom stereocenters. The number of rotatable bonds is 8. The van der Waals surface area contributed by atoms with Gasteiger partial charge in [-0.15, -0.1) is 0 Å². The lowest BCUT2D eigenvalue weighted by molar-refractivity contribution is 0.254. The minimum atomic E-state index is 0.683. The average Bonchev–Trinajstić information content (AvgIpc) is 2.32. The van der Waals surface area contributed by atoms with Gasteiger partial charge < -0.3 is 9.47 Å². The predicted molar refractivity (Wildman–Crippen MR) is 66.1 cm³/mol. The highest BCUT2D eigenvalue weighted by molar-refractivity contribution is 5.22. The maximum absolute atomic E-state index is 5.08. The molecule has 0 saturated carbocycles. The van der Waals surface area contributed by atoms with Gasteiger partial charge in [0.25, 0.3) is 0 Å². The van der Waals surface area contributed by atoms with Gasteiger partial charge in [-0.05, 0) is 11.1 Å². The van der Waals surface area contributed by atoms with E-state index in [1.807, 2.05) is 0 Å². The van der Waals surface area contributed by atoms with Crippen LogP contribution in [0.4, 0.5) is 0 Å². The minimum absolute atomic E-state index is 0.683. The molecule has 0 radical (unpaired) electrons. The summed E-state index contributed by atoms with van der Waals surface area (Å²) in [7, 11) is 0. The minimum Gasteiger partial charge on any atom is -0.501 e. The van der Waals surface area contributed by atoms with Crippen LogP contribution >= 0.6 is 0 Å². The highest BCUT2D eigenvalue weighted by Crippen LogP contribution is 2.06. The first-order valence-corrected chi connectivity index (χ1v) is 5.39. The van der Waals surface area contributed by atoms with Crippen LogP contribution in [0.15, 0.2) is 49.9 Å². The van der Waals surface area contributed by atoms with Crippen LogP contribution < -0.4 is 0 Å². The Kier molecular flexibility index (Phi) is 5.86. The smallest absolute Gasteiger partial charge is 0.0913 e. The lowest BCUT2D eigenvalue weighted by Crippen LogP contribution is -1.96. The molecule has 1 rings (SSSR count). The number of hydrogen-bond acceptors (Lipinski definition) is 2. The fourth-order valence-corrected chi connectivity index (χ4v) is 1.39. The lowest BCUT2D eigenvalue weighted by atomic mass is 10.1. The molecule has 16 heavy (non-hydrogen) atoms. The molecule has 86 valence electrons. The van der Waals surface area contributed by atoms with Crippen LogP contribution in [0.5, 0.6) is 0 Å². The van der Waals surface area contributed by atoms with E-state index >= 15 is 0 Å². The highest BCUT2D eigenvalue weighted by atomic mass is 16.5. The monoisotopic (exact) mass is 218 g/mol. The summed E-state index contributed by atoms with van der Waals surface area (Å²) in [6.45, 7) is 8.37. The van der Waals surface area contributed by atoms with Gasteiger partial charge >= 0.3 is 0 Å². The maximum Gasteiger partial charge on any atom is 0.0913 e. The zero-order valence-electron chi connectivity index (χ0n) is 9.52. The summed E-state index contributed by atoms with van der Waals surface area (Å²) in [5.41, 5.74) is 2.55. The molecule has 0 heterocycles. The van der Waals surface area contributed by atoms with Crippen LogP contribution in [0, 0.1) is 0 Å². The summed E-state index contributed by atoms with van der Waals surface area (Å²) in [4.78, 5) is 0. The van der Waals surface area contributed by atoms with E-state index in [1.165, 1.54) is 23.7 Å². The second-order valence-electron chi connectivity index (χ2n) is 3.39. The van der Waals surface area contributed by atoms with E-state index in [2.05, 4.69) is 37.4 Å². The Morgan fingerprint density at radius 1 is 0.812 bits per heavy atom. The van der Waals surface area contributed by atoms with Gasteiger partial charge in [-0.1, -0.05) is 37.4 Å². The third kappa shape index (κ3) is 4.69. The second-order valence-corrected chi connectivity index (χ2v) is 3.39. The SMILES string of the molecule is C=COCCc1ccc(CCOC=C)cc1. The van der Waals surface area contributed by atoms with Crippen LogP contribution in [-0.4, -0.2) is 13.2 Å². The van der Waals surface area contributed by atoms with Crippen molar-refractivity contribution in [1.29, 1.82) is 0 Å². The van der Waals surface area contributed by atoms with E-state index in [0.717, 1.165) is 12.8 Å². The van der Waals surface area contributed by atoms with Crippen molar-refractivity contribution in [3.63, 3.8) is 0 Å². The van der Waals surface area contributed by atoms with Crippen LogP contribution in [-0.2, 0) is 22.3 Å². The summed E-state index contributed by atoms with van der Waals surface area (Å²) in [6, 6.07) is 8.48. The first-order valence-electron chi connectivity index (χ1n) is 5.39. The molecule has 2 nitrogen and oxygen atoms in total. The third-order valence-electron chi connectivity index (χ3n) is 2.28. The molecule has 0 amide bonds. The lowest BCUT2D eigenvalue weighted by Gasteiger charge is -2.04. The predicted octanol–water partition coefficient (Wildman–Crippen LogP) is 3.09. The maximum atomic E-state index is 5.08. The summed E-state index contributed by atoms with van der Waals surface area (Å²) < 4.78 is 10.2. The summed E-state index contributed by atoms with van der Waals surface area (Å²) in [5, 5.41) is 0. The van der Waals surface area contributed by atoms with Crippen molar-refractivity contribution < 1.29 is 9.47 Å². The van der Waals surface area contributed by atoms with E-state index < -0.39 is 0 Å². The fourth-order valence-electron chi connectivity index (χ4n) is 1.39. The zero-order valence-corrected chi connectivity index (χ0v) is 9.52. The van der Waals surface area contributed by atoms with Gasteiger partial charge in [0.15, 0.2) is 0 Å². The van der Waals surface area contributed by atoms with Gasteiger partial charge in [0.1, 0.15) is 0 Å². The largest absolute Gasteiger partial charge is 0.501 e. The Bertz CT molecular complexity index is 281. The molecule has 0 aliphatic rings. The van der Waals surface area contributed by atoms with E-state index in [1.54, 1.807) is 0 Å². The molecule has 0 bridgehead atoms. The summed E-state index contributed by atoms with van der Waals surface area (Å²) in [5.74, 6) is 0. The Morgan fingerprint density at radius 3 is 1.50 bits per heavy atom. The second kappa shape index (κ2) is 7.57. The first kappa shape index (κ1) is 12.4. The van der Waals surface area contributed by atoms with E-state index in [9.17, 15) is 0 Å². The van der Waals surface area contributed by atoms with Crippen molar-refractivity contribution in [2.45, 2.75) is 12.8 Å². The van der Waals surface area contributed by atoms with Gasteiger partial charge in [-0.25, -0.2) is 0 Å². The molecule has 1 aromatic carbocycles. The van der Waals surface area contributed by atoms with Crippen LogP contribution in [0.25, 0.3) is 0 Å². The first-order chi connectivity index (χ1) is 7.86. The quantitative estimate of drug-likeness (QED) is 0.493. The molecule has 1 aromatic rings. The van der Waals surface area contributed by atoms with Gasteiger partial charge in [-0.3, -0.25) is 0 Å². The van der Waals surface area contributed by atoms with Gasteiger partial charge in [0, 0.05) is 12.8 Å². The number of benzene rings is 1. The Labute approximate surface area is 97.2 Å². The molecule has 0 aromatic heterocycles. The van der Waals surface area contributed by atoms with Gasteiger partial charge in [0.05, 0.1) is 25.7 Å². The van der Waals surface area contributed by atoms with Crippen molar-refractivity contribution in [2.75, 3.05) is 13.2 Å². The van der Waals surface area contributed by atoms with Crippen molar-refractivity contribution >= 4 is 0 Å². The Morgan fingerprint density at radius 2 is 1.19 bits per heavy atom.